The van der Waals surface area contributed by atoms with Gasteiger partial charge in [0.1, 0.15) is 0 Å². The van der Waals surface area contributed by atoms with Gasteiger partial charge in [-0.3, -0.25) is 0 Å². The van der Waals surface area contributed by atoms with Crippen molar-refractivity contribution in [3.8, 4) is 0 Å². The Balaban J connectivity index is 2.24. The molecule has 1 unspecified atom stereocenters. The Labute approximate surface area is 104 Å². The van der Waals surface area contributed by atoms with Crippen molar-refractivity contribution in [3.05, 3.63) is 23.8 Å². The summed E-state index contributed by atoms with van der Waals surface area (Å²) in [7, 11) is 0. The van der Waals surface area contributed by atoms with E-state index >= 15 is 0 Å². The maximum absolute atomic E-state index is 12.5. The number of benzene rings is 1. The molecule has 0 aromatic heterocycles. The van der Waals surface area contributed by atoms with Crippen molar-refractivity contribution in [3.63, 3.8) is 0 Å². The van der Waals surface area contributed by atoms with Crippen LogP contribution in [0.4, 0.5) is 24.5 Å². The van der Waals surface area contributed by atoms with E-state index in [9.17, 15) is 13.2 Å². The SMILES string of the molecule is Nc1cc(C(F)(F)F)ccc1N1CCCC(N)C1. The summed E-state index contributed by atoms with van der Waals surface area (Å²) in [5, 5.41) is 0. The standard InChI is InChI=1S/C12H16F3N3/c13-12(14,15)8-3-4-11(10(17)6-8)18-5-1-2-9(16)7-18/h3-4,6,9H,1-2,5,7,16-17H2. The first-order valence-corrected chi connectivity index (χ1v) is 5.85. The summed E-state index contributed by atoms with van der Waals surface area (Å²) in [5.41, 5.74) is 11.6. The second kappa shape index (κ2) is 4.68. The average Bonchev–Trinajstić information content (AvgIpc) is 2.27. The maximum Gasteiger partial charge on any atom is 0.416 e. The molecule has 6 heteroatoms. The quantitative estimate of drug-likeness (QED) is 0.760. The van der Waals surface area contributed by atoms with Gasteiger partial charge < -0.3 is 16.4 Å². The van der Waals surface area contributed by atoms with Gasteiger partial charge in [-0.15, -0.1) is 0 Å². The summed E-state index contributed by atoms with van der Waals surface area (Å²) in [6.07, 6.45) is -2.48. The fourth-order valence-electron chi connectivity index (χ4n) is 2.25. The second-order valence-corrected chi connectivity index (χ2v) is 4.62. The molecule has 0 bridgehead atoms. The molecule has 0 saturated carbocycles. The Morgan fingerprint density at radius 3 is 2.56 bits per heavy atom. The predicted octanol–water partition coefficient (Wildman–Crippen LogP) is 2.22. The van der Waals surface area contributed by atoms with Gasteiger partial charge in [-0.25, -0.2) is 0 Å². The lowest BCUT2D eigenvalue weighted by molar-refractivity contribution is -0.137. The number of nitrogens with two attached hydrogens (primary N) is 2. The average molecular weight is 259 g/mol. The van der Waals surface area contributed by atoms with Gasteiger partial charge in [-0.2, -0.15) is 13.2 Å². The fraction of sp³-hybridized carbons (Fsp3) is 0.500. The lowest BCUT2D eigenvalue weighted by Crippen LogP contribution is -2.43. The van der Waals surface area contributed by atoms with Crippen molar-refractivity contribution >= 4 is 11.4 Å². The van der Waals surface area contributed by atoms with Crippen LogP contribution in [-0.4, -0.2) is 19.1 Å². The van der Waals surface area contributed by atoms with Crippen LogP contribution >= 0.6 is 0 Å². The lowest BCUT2D eigenvalue weighted by Gasteiger charge is -2.33. The van der Waals surface area contributed by atoms with E-state index in [4.69, 9.17) is 11.5 Å². The van der Waals surface area contributed by atoms with Crippen molar-refractivity contribution in [2.45, 2.75) is 25.1 Å². The molecule has 2 rings (SSSR count). The zero-order valence-corrected chi connectivity index (χ0v) is 9.87. The molecule has 0 spiro atoms. The van der Waals surface area contributed by atoms with Crippen LogP contribution in [0.3, 0.4) is 0 Å². The minimum atomic E-state index is -4.36. The Bertz CT molecular complexity index is 431. The molecule has 1 aromatic carbocycles. The molecule has 1 aliphatic heterocycles. The Kier molecular flexibility index (Phi) is 3.38. The molecule has 3 nitrogen and oxygen atoms in total. The molecular weight excluding hydrogens is 243 g/mol. The summed E-state index contributed by atoms with van der Waals surface area (Å²) in [5.74, 6) is 0. The van der Waals surface area contributed by atoms with Gasteiger partial charge >= 0.3 is 6.18 Å². The third kappa shape index (κ3) is 2.69. The number of alkyl halides is 3. The smallest absolute Gasteiger partial charge is 0.397 e. The van der Waals surface area contributed by atoms with Crippen LogP contribution in [0.5, 0.6) is 0 Å². The van der Waals surface area contributed by atoms with E-state index in [-0.39, 0.29) is 11.7 Å². The normalized spacial score (nSPS) is 21.1. The van der Waals surface area contributed by atoms with Crippen LogP contribution in [0.25, 0.3) is 0 Å². The lowest BCUT2D eigenvalue weighted by atomic mass is 10.0. The van der Waals surface area contributed by atoms with Gasteiger partial charge in [-0.05, 0) is 31.0 Å². The van der Waals surface area contributed by atoms with E-state index in [0.717, 1.165) is 31.5 Å². The Morgan fingerprint density at radius 2 is 2.00 bits per heavy atom. The summed E-state index contributed by atoms with van der Waals surface area (Å²) in [4.78, 5) is 1.95. The van der Waals surface area contributed by atoms with Crippen LogP contribution in [0.15, 0.2) is 18.2 Å². The molecule has 0 radical (unpaired) electrons. The third-order valence-corrected chi connectivity index (χ3v) is 3.15. The van der Waals surface area contributed by atoms with Crippen LogP contribution in [-0.2, 0) is 6.18 Å². The summed E-state index contributed by atoms with van der Waals surface area (Å²) >= 11 is 0. The van der Waals surface area contributed by atoms with Gasteiger partial charge in [0.05, 0.1) is 16.9 Å². The number of hydrogen-bond donors (Lipinski definition) is 2. The van der Waals surface area contributed by atoms with Crippen LogP contribution in [0, 0.1) is 0 Å². The van der Waals surface area contributed by atoms with E-state index in [2.05, 4.69) is 0 Å². The highest BCUT2D eigenvalue weighted by atomic mass is 19.4. The van der Waals surface area contributed by atoms with Gasteiger partial charge in [0.15, 0.2) is 0 Å². The first kappa shape index (κ1) is 13.0. The third-order valence-electron chi connectivity index (χ3n) is 3.15. The molecule has 1 atom stereocenters. The van der Waals surface area contributed by atoms with Gasteiger partial charge in [-0.1, -0.05) is 0 Å². The zero-order chi connectivity index (χ0) is 13.3. The van der Waals surface area contributed by atoms with Crippen molar-refractivity contribution in [1.29, 1.82) is 0 Å². The topological polar surface area (TPSA) is 55.3 Å². The number of nitrogen functional groups attached to an aromatic ring is 1. The highest BCUT2D eigenvalue weighted by Crippen LogP contribution is 2.34. The first-order chi connectivity index (χ1) is 8.38. The fourth-order valence-corrected chi connectivity index (χ4v) is 2.25. The Hall–Kier alpha value is -1.43. The molecule has 100 valence electrons. The minimum absolute atomic E-state index is 0.0560. The number of piperidine rings is 1. The zero-order valence-electron chi connectivity index (χ0n) is 9.87. The molecule has 1 aromatic rings. The molecule has 1 saturated heterocycles. The highest BCUT2D eigenvalue weighted by Gasteiger charge is 2.31. The van der Waals surface area contributed by atoms with Crippen LogP contribution in [0.1, 0.15) is 18.4 Å². The number of hydrogen-bond acceptors (Lipinski definition) is 3. The van der Waals surface area contributed by atoms with Crippen molar-refractivity contribution < 1.29 is 13.2 Å². The minimum Gasteiger partial charge on any atom is -0.397 e. The molecular formula is C12H16F3N3. The largest absolute Gasteiger partial charge is 0.416 e. The van der Waals surface area contributed by atoms with Crippen molar-refractivity contribution in [2.24, 2.45) is 5.73 Å². The molecule has 1 aliphatic rings. The molecule has 18 heavy (non-hydrogen) atoms. The number of rotatable bonds is 1. The maximum atomic E-state index is 12.5. The predicted molar refractivity (Wildman–Crippen MR) is 65.3 cm³/mol. The molecule has 1 fully saturated rings. The van der Waals surface area contributed by atoms with E-state index < -0.39 is 11.7 Å². The molecule has 0 aliphatic carbocycles. The number of halogens is 3. The summed E-state index contributed by atoms with van der Waals surface area (Å²) in [6, 6.07) is 3.53. The van der Waals surface area contributed by atoms with Gasteiger partial charge in [0, 0.05) is 19.1 Å². The van der Waals surface area contributed by atoms with E-state index in [1.165, 1.54) is 6.07 Å². The second-order valence-electron chi connectivity index (χ2n) is 4.62. The first-order valence-electron chi connectivity index (χ1n) is 5.85. The number of nitrogens with zero attached hydrogens (tertiary/aromatic N) is 1. The highest BCUT2D eigenvalue weighted by molar-refractivity contribution is 5.69. The molecule has 0 amide bonds. The van der Waals surface area contributed by atoms with Crippen molar-refractivity contribution in [1.82, 2.24) is 0 Å². The van der Waals surface area contributed by atoms with Crippen LogP contribution < -0.4 is 16.4 Å². The number of anilines is 2. The monoisotopic (exact) mass is 259 g/mol. The summed E-state index contributed by atoms with van der Waals surface area (Å²) < 4.78 is 37.5. The molecule has 4 N–H and O–H groups in total. The van der Waals surface area contributed by atoms with Crippen LogP contribution in [0.2, 0.25) is 0 Å². The van der Waals surface area contributed by atoms with E-state index in [1.807, 2.05) is 4.90 Å². The van der Waals surface area contributed by atoms with Gasteiger partial charge in [0.25, 0.3) is 0 Å². The summed E-state index contributed by atoms with van der Waals surface area (Å²) in [6.45, 7) is 1.42. The Morgan fingerprint density at radius 1 is 1.28 bits per heavy atom. The van der Waals surface area contributed by atoms with Gasteiger partial charge in [0.2, 0.25) is 0 Å². The molecule has 1 heterocycles. The van der Waals surface area contributed by atoms with E-state index in [0.29, 0.717) is 12.2 Å². The van der Waals surface area contributed by atoms with Crippen molar-refractivity contribution in [2.75, 3.05) is 23.7 Å². The van der Waals surface area contributed by atoms with E-state index in [1.54, 1.807) is 0 Å².